The molecule has 0 radical (unpaired) electrons. The molecule has 1 atom stereocenters. The number of nitrogens with one attached hydrogen (secondary N) is 1. The van der Waals surface area contributed by atoms with Gasteiger partial charge >= 0.3 is 5.63 Å². The summed E-state index contributed by atoms with van der Waals surface area (Å²) in [6.45, 7) is 5.81. The summed E-state index contributed by atoms with van der Waals surface area (Å²) in [5, 5.41) is 3.35. The molecule has 1 unspecified atom stereocenters. The minimum absolute atomic E-state index is 0.0103. The Kier molecular flexibility index (Phi) is 5.50. The van der Waals surface area contributed by atoms with Gasteiger partial charge < -0.3 is 19.4 Å². The third-order valence-electron chi connectivity index (χ3n) is 5.19. The van der Waals surface area contributed by atoms with E-state index in [1.54, 1.807) is 41.3 Å². The van der Waals surface area contributed by atoms with Gasteiger partial charge in [-0.2, -0.15) is 0 Å². The Morgan fingerprint density at radius 3 is 2.68 bits per heavy atom. The average Bonchev–Trinajstić information content (AvgIpc) is 3.05. The number of amides is 2. The summed E-state index contributed by atoms with van der Waals surface area (Å²) in [5.74, 6) is 0.0772. The quantitative estimate of drug-likeness (QED) is 0.620. The first-order valence-corrected chi connectivity index (χ1v) is 10.3. The predicted octanol–water partition coefficient (Wildman–Crippen LogP) is 4.35. The van der Waals surface area contributed by atoms with Crippen LogP contribution < -0.4 is 20.6 Å². The summed E-state index contributed by atoms with van der Waals surface area (Å²) in [6.07, 6.45) is 1.31. The number of nitrogens with zero attached hydrogens (tertiary/aromatic N) is 1. The highest BCUT2D eigenvalue weighted by Gasteiger charge is 2.28. The molecule has 1 saturated heterocycles. The monoisotopic (exact) mass is 420 g/mol. The highest BCUT2D eigenvalue weighted by Crippen LogP contribution is 2.28. The number of hydrogen-bond donors (Lipinski definition) is 1. The lowest BCUT2D eigenvalue weighted by Gasteiger charge is -2.22. The van der Waals surface area contributed by atoms with Crippen molar-refractivity contribution in [3.8, 4) is 5.75 Å². The Bertz CT molecular complexity index is 1210. The molecule has 2 amide bonds. The lowest BCUT2D eigenvalue weighted by atomic mass is 10.1. The van der Waals surface area contributed by atoms with Crippen LogP contribution in [0.3, 0.4) is 0 Å². The zero-order chi connectivity index (χ0) is 22.1. The van der Waals surface area contributed by atoms with Gasteiger partial charge in [0.1, 0.15) is 16.9 Å². The topological polar surface area (TPSA) is 88.9 Å². The third-order valence-corrected chi connectivity index (χ3v) is 5.19. The van der Waals surface area contributed by atoms with E-state index in [0.717, 1.165) is 12.1 Å². The number of hydrogen-bond acceptors (Lipinski definition) is 5. The van der Waals surface area contributed by atoms with Crippen molar-refractivity contribution in [2.45, 2.75) is 45.8 Å². The van der Waals surface area contributed by atoms with E-state index in [4.69, 9.17) is 9.15 Å². The van der Waals surface area contributed by atoms with Crippen molar-refractivity contribution >= 4 is 34.2 Å². The Morgan fingerprint density at radius 1 is 1.16 bits per heavy atom. The fourth-order valence-corrected chi connectivity index (χ4v) is 3.75. The molecule has 1 fully saturated rings. The molecular weight excluding hydrogens is 396 g/mol. The Morgan fingerprint density at radius 2 is 1.97 bits per heavy atom. The summed E-state index contributed by atoms with van der Waals surface area (Å²) in [6, 6.07) is 13.8. The van der Waals surface area contributed by atoms with Crippen molar-refractivity contribution in [2.75, 3.05) is 10.2 Å². The fourth-order valence-electron chi connectivity index (χ4n) is 3.75. The van der Waals surface area contributed by atoms with Crippen LogP contribution in [0.1, 0.15) is 44.0 Å². The molecule has 2 heterocycles. The smallest absolute Gasteiger partial charge is 0.349 e. The second-order valence-corrected chi connectivity index (χ2v) is 7.97. The molecule has 160 valence electrons. The van der Waals surface area contributed by atoms with Crippen molar-refractivity contribution in [1.82, 2.24) is 0 Å². The molecule has 3 aromatic rings. The van der Waals surface area contributed by atoms with Crippen LogP contribution >= 0.6 is 0 Å². The molecule has 1 aliphatic rings. The predicted molar refractivity (Wildman–Crippen MR) is 119 cm³/mol. The van der Waals surface area contributed by atoms with Crippen molar-refractivity contribution in [3.63, 3.8) is 0 Å². The first-order chi connectivity index (χ1) is 14.8. The number of carbonyl (C=O) groups excluding carboxylic acids is 2. The van der Waals surface area contributed by atoms with E-state index in [1.165, 1.54) is 6.07 Å². The van der Waals surface area contributed by atoms with Crippen molar-refractivity contribution in [3.05, 3.63) is 64.5 Å². The van der Waals surface area contributed by atoms with E-state index in [2.05, 4.69) is 5.32 Å². The lowest BCUT2D eigenvalue weighted by molar-refractivity contribution is -0.117. The maximum absolute atomic E-state index is 12.8. The van der Waals surface area contributed by atoms with E-state index < -0.39 is 11.5 Å². The normalized spacial score (nSPS) is 16.2. The zero-order valence-corrected chi connectivity index (χ0v) is 17.7. The number of carbonyl (C=O) groups is 2. The second-order valence-electron chi connectivity index (χ2n) is 7.97. The molecule has 7 heteroatoms. The molecular formula is C24H24N2O5. The molecule has 0 aliphatic carbocycles. The summed E-state index contributed by atoms with van der Waals surface area (Å²) in [5.41, 5.74) is 0.737. The fraction of sp³-hybridized carbons (Fsp3) is 0.292. The van der Waals surface area contributed by atoms with Crippen LogP contribution in [0.15, 0.2) is 57.7 Å². The van der Waals surface area contributed by atoms with Crippen molar-refractivity contribution in [2.24, 2.45) is 0 Å². The molecule has 1 N–H and O–H groups in total. The summed E-state index contributed by atoms with van der Waals surface area (Å²) in [7, 11) is 0. The van der Waals surface area contributed by atoms with Gasteiger partial charge in [-0.25, -0.2) is 4.79 Å². The summed E-state index contributed by atoms with van der Waals surface area (Å²) in [4.78, 5) is 39.1. The van der Waals surface area contributed by atoms with E-state index in [-0.39, 0.29) is 23.6 Å². The van der Waals surface area contributed by atoms with E-state index >= 15 is 0 Å². The van der Waals surface area contributed by atoms with Crippen LogP contribution in [0.2, 0.25) is 0 Å². The highest BCUT2D eigenvalue weighted by molar-refractivity contribution is 6.06. The van der Waals surface area contributed by atoms with Gasteiger partial charge in [-0.1, -0.05) is 6.07 Å². The minimum atomic E-state index is -0.730. The van der Waals surface area contributed by atoms with Gasteiger partial charge in [0.05, 0.1) is 6.10 Å². The Balaban J connectivity index is 1.59. The van der Waals surface area contributed by atoms with Gasteiger partial charge in [0.2, 0.25) is 5.91 Å². The van der Waals surface area contributed by atoms with Crippen molar-refractivity contribution < 1.29 is 18.7 Å². The van der Waals surface area contributed by atoms with Gasteiger partial charge in [-0.15, -0.1) is 0 Å². The van der Waals surface area contributed by atoms with Crippen LogP contribution in [-0.4, -0.2) is 24.0 Å². The highest BCUT2D eigenvalue weighted by atomic mass is 16.5. The van der Waals surface area contributed by atoms with Gasteiger partial charge in [0.15, 0.2) is 0 Å². The van der Waals surface area contributed by atoms with Gasteiger partial charge in [0.25, 0.3) is 5.91 Å². The average molecular weight is 420 g/mol. The Hall–Kier alpha value is -3.61. The molecule has 0 spiro atoms. The number of fused-ring (bicyclic) bond motifs is 1. The second kappa shape index (κ2) is 8.26. The SMILES string of the molecule is CC(C)Oc1ccc2cc(C(=O)Nc3cccc(N4C(=O)CCC4C)c3)c(=O)oc2c1. The standard InChI is InChI=1S/C24H24N2O5/c1-14(2)30-19-9-8-16-11-20(24(29)31-21(16)13-19)23(28)25-17-5-4-6-18(12-17)26-15(3)7-10-22(26)27/h4-6,8-9,11-15H,7,10H2,1-3H3,(H,25,28). The van der Waals surface area contributed by atoms with Crippen LogP contribution in [0.4, 0.5) is 11.4 Å². The summed E-state index contributed by atoms with van der Waals surface area (Å²) < 4.78 is 11.0. The zero-order valence-electron chi connectivity index (χ0n) is 17.7. The number of rotatable bonds is 5. The van der Waals surface area contributed by atoms with E-state index in [1.807, 2.05) is 26.8 Å². The van der Waals surface area contributed by atoms with E-state index in [0.29, 0.717) is 28.8 Å². The van der Waals surface area contributed by atoms with Crippen LogP contribution in [0.25, 0.3) is 11.0 Å². The molecule has 2 aromatic carbocycles. The molecule has 7 nitrogen and oxygen atoms in total. The van der Waals surface area contributed by atoms with Crippen LogP contribution in [-0.2, 0) is 4.79 Å². The number of benzene rings is 2. The van der Waals surface area contributed by atoms with Crippen LogP contribution in [0, 0.1) is 0 Å². The molecule has 31 heavy (non-hydrogen) atoms. The van der Waals surface area contributed by atoms with Gasteiger partial charge in [0, 0.05) is 35.3 Å². The number of ether oxygens (including phenoxy) is 1. The third kappa shape index (κ3) is 4.30. The lowest BCUT2D eigenvalue weighted by Crippen LogP contribution is -2.30. The maximum Gasteiger partial charge on any atom is 0.349 e. The molecule has 0 saturated carbocycles. The largest absolute Gasteiger partial charge is 0.491 e. The number of anilines is 2. The van der Waals surface area contributed by atoms with E-state index in [9.17, 15) is 14.4 Å². The first-order valence-electron chi connectivity index (χ1n) is 10.3. The minimum Gasteiger partial charge on any atom is -0.491 e. The first kappa shape index (κ1) is 20.7. The molecule has 1 aromatic heterocycles. The Labute approximate surface area is 179 Å². The van der Waals surface area contributed by atoms with Crippen molar-refractivity contribution in [1.29, 1.82) is 0 Å². The molecule has 1 aliphatic heterocycles. The maximum atomic E-state index is 12.8. The van der Waals surface area contributed by atoms with Gasteiger partial charge in [-0.3, -0.25) is 9.59 Å². The van der Waals surface area contributed by atoms with Gasteiger partial charge in [-0.05, 0) is 63.6 Å². The van der Waals surface area contributed by atoms with Crippen LogP contribution in [0.5, 0.6) is 5.75 Å². The summed E-state index contributed by atoms with van der Waals surface area (Å²) >= 11 is 0. The molecule has 0 bridgehead atoms. The molecule has 4 rings (SSSR count).